The monoisotopic (exact) mass is 268 g/mol. The molecule has 2 aliphatic heterocycles. The zero-order valence-corrected chi connectivity index (χ0v) is 12.6. The van der Waals surface area contributed by atoms with Crippen LogP contribution in [0.5, 0.6) is 0 Å². The Bertz CT molecular complexity index is 638. The topological polar surface area (TPSA) is 19.0 Å². The number of aromatic amines is 1. The molecule has 20 heavy (non-hydrogen) atoms. The third kappa shape index (κ3) is 1.74. The number of nitrogens with one attached hydrogen (secondary N) is 1. The first-order valence-corrected chi connectivity index (χ1v) is 8.02. The lowest BCUT2D eigenvalue weighted by Crippen LogP contribution is -2.44. The van der Waals surface area contributed by atoms with Crippen LogP contribution in [0.4, 0.5) is 0 Å². The van der Waals surface area contributed by atoms with Crippen molar-refractivity contribution in [2.24, 2.45) is 0 Å². The summed E-state index contributed by atoms with van der Waals surface area (Å²) < 4.78 is 0. The van der Waals surface area contributed by atoms with Gasteiger partial charge in [-0.25, -0.2) is 0 Å². The van der Waals surface area contributed by atoms with E-state index in [0.717, 1.165) is 0 Å². The number of rotatable bonds is 0. The first-order valence-electron chi connectivity index (χ1n) is 8.02. The molecule has 2 aliphatic rings. The highest BCUT2D eigenvalue weighted by atomic mass is 15.2. The molecule has 1 saturated heterocycles. The van der Waals surface area contributed by atoms with E-state index in [1.165, 1.54) is 55.4 Å². The maximum Gasteiger partial charge on any atom is 0.0502 e. The summed E-state index contributed by atoms with van der Waals surface area (Å²) in [5.41, 5.74) is 4.65. The van der Waals surface area contributed by atoms with E-state index < -0.39 is 0 Å². The number of hydrogen-bond acceptors (Lipinski definition) is 1. The molecule has 106 valence electrons. The van der Waals surface area contributed by atoms with Crippen LogP contribution in [0, 0.1) is 0 Å². The number of benzene rings is 1. The minimum absolute atomic E-state index is 0.246. The van der Waals surface area contributed by atoms with Gasteiger partial charge in [0.2, 0.25) is 0 Å². The lowest BCUT2D eigenvalue weighted by atomic mass is 9.77. The Labute approximate surface area is 121 Å². The van der Waals surface area contributed by atoms with Crippen LogP contribution in [0.2, 0.25) is 0 Å². The molecule has 1 unspecified atom stereocenters. The molecule has 4 rings (SSSR count). The highest BCUT2D eigenvalue weighted by Crippen LogP contribution is 2.45. The molecular weight excluding hydrogens is 244 g/mol. The van der Waals surface area contributed by atoms with Gasteiger partial charge in [0.15, 0.2) is 0 Å². The second-order valence-electron chi connectivity index (χ2n) is 7.18. The fraction of sp³-hybridized carbons (Fsp3) is 0.556. The maximum atomic E-state index is 3.76. The molecule has 1 aromatic heterocycles. The molecule has 0 amide bonds. The molecule has 2 aromatic rings. The fourth-order valence-corrected chi connectivity index (χ4v) is 4.41. The normalized spacial score (nSPS) is 26.0. The quantitative estimate of drug-likeness (QED) is 0.751. The average Bonchev–Trinajstić information content (AvgIpc) is 2.67. The highest BCUT2D eigenvalue weighted by Gasteiger charge is 2.40. The zero-order chi connectivity index (χ0) is 13.7. The molecule has 1 fully saturated rings. The van der Waals surface area contributed by atoms with Gasteiger partial charge in [0.25, 0.3) is 0 Å². The van der Waals surface area contributed by atoms with E-state index in [4.69, 9.17) is 0 Å². The third-order valence-electron chi connectivity index (χ3n) is 5.21. The molecule has 2 nitrogen and oxygen atoms in total. The van der Waals surface area contributed by atoms with Gasteiger partial charge in [-0.3, -0.25) is 4.90 Å². The van der Waals surface area contributed by atoms with E-state index in [1.54, 1.807) is 5.56 Å². The number of fused-ring (bicyclic) bond motifs is 5. The van der Waals surface area contributed by atoms with Crippen molar-refractivity contribution in [3.05, 3.63) is 35.5 Å². The molecular formula is C18H24N2. The van der Waals surface area contributed by atoms with Crippen LogP contribution in [0.15, 0.2) is 24.3 Å². The zero-order valence-electron chi connectivity index (χ0n) is 12.6. The van der Waals surface area contributed by atoms with Crippen LogP contribution in [-0.4, -0.2) is 23.0 Å². The Balaban J connectivity index is 1.94. The van der Waals surface area contributed by atoms with Gasteiger partial charge in [-0.2, -0.15) is 0 Å². The van der Waals surface area contributed by atoms with Crippen molar-refractivity contribution >= 4 is 10.9 Å². The van der Waals surface area contributed by atoms with Gasteiger partial charge in [0.05, 0.1) is 6.04 Å². The van der Waals surface area contributed by atoms with Gasteiger partial charge in [-0.1, -0.05) is 44.9 Å². The van der Waals surface area contributed by atoms with Gasteiger partial charge in [0, 0.05) is 28.6 Å². The van der Waals surface area contributed by atoms with Crippen LogP contribution in [-0.2, 0) is 5.41 Å². The molecule has 0 saturated carbocycles. The number of nitrogens with zero attached hydrogens (tertiary/aromatic N) is 1. The van der Waals surface area contributed by atoms with Crippen molar-refractivity contribution in [1.82, 2.24) is 9.88 Å². The smallest absolute Gasteiger partial charge is 0.0502 e. The van der Waals surface area contributed by atoms with E-state index >= 15 is 0 Å². The van der Waals surface area contributed by atoms with E-state index in [1.807, 2.05) is 0 Å². The summed E-state index contributed by atoms with van der Waals surface area (Å²) in [5.74, 6) is 0. The van der Waals surface area contributed by atoms with Gasteiger partial charge in [-0.15, -0.1) is 0 Å². The summed E-state index contributed by atoms with van der Waals surface area (Å²) in [6, 6.07) is 9.45. The Morgan fingerprint density at radius 3 is 2.90 bits per heavy atom. The van der Waals surface area contributed by atoms with Crippen LogP contribution in [0.3, 0.4) is 0 Å². The Kier molecular flexibility index (Phi) is 2.71. The summed E-state index contributed by atoms with van der Waals surface area (Å²) in [5, 5.41) is 1.44. The van der Waals surface area contributed by atoms with E-state index in [2.05, 4.69) is 48.0 Å². The summed E-state index contributed by atoms with van der Waals surface area (Å²) in [6.07, 6.45) is 5.44. The lowest BCUT2D eigenvalue weighted by Gasteiger charge is -2.43. The summed E-state index contributed by atoms with van der Waals surface area (Å²) in [7, 11) is 0. The first kappa shape index (κ1) is 12.5. The fourth-order valence-electron chi connectivity index (χ4n) is 4.41. The molecule has 0 aliphatic carbocycles. The van der Waals surface area contributed by atoms with Gasteiger partial charge in [-0.05, 0) is 31.0 Å². The molecule has 3 heterocycles. The van der Waals surface area contributed by atoms with Crippen molar-refractivity contribution in [3.8, 4) is 0 Å². The van der Waals surface area contributed by atoms with Crippen LogP contribution < -0.4 is 0 Å². The number of para-hydroxylation sites is 1. The summed E-state index contributed by atoms with van der Waals surface area (Å²) in [4.78, 5) is 6.48. The molecule has 1 atom stereocenters. The van der Waals surface area contributed by atoms with E-state index in [-0.39, 0.29) is 5.41 Å². The number of aromatic nitrogens is 1. The molecule has 1 aromatic carbocycles. The first-order chi connectivity index (χ1) is 9.67. The predicted octanol–water partition coefficient (Wildman–Crippen LogP) is 4.38. The largest absolute Gasteiger partial charge is 0.357 e. The van der Waals surface area contributed by atoms with Gasteiger partial charge < -0.3 is 4.98 Å². The predicted molar refractivity (Wildman–Crippen MR) is 84.1 cm³/mol. The second-order valence-corrected chi connectivity index (χ2v) is 7.18. The van der Waals surface area contributed by atoms with E-state index in [9.17, 15) is 0 Å². The highest BCUT2D eigenvalue weighted by molar-refractivity contribution is 5.86. The van der Waals surface area contributed by atoms with Crippen LogP contribution in [0.1, 0.15) is 56.8 Å². The SMILES string of the molecule is CC1(C)CN2CCCCCC2c2[nH]c3ccccc3c21. The summed E-state index contributed by atoms with van der Waals surface area (Å²) >= 11 is 0. The van der Waals surface area contributed by atoms with Crippen molar-refractivity contribution in [2.45, 2.75) is 51.0 Å². The van der Waals surface area contributed by atoms with Crippen molar-refractivity contribution in [1.29, 1.82) is 0 Å². The van der Waals surface area contributed by atoms with E-state index in [0.29, 0.717) is 6.04 Å². The lowest BCUT2D eigenvalue weighted by molar-refractivity contribution is 0.141. The molecule has 0 radical (unpaired) electrons. The van der Waals surface area contributed by atoms with Crippen LogP contribution in [0.25, 0.3) is 10.9 Å². The Morgan fingerprint density at radius 2 is 2.00 bits per heavy atom. The number of H-pyrrole nitrogens is 1. The Hall–Kier alpha value is -1.28. The minimum Gasteiger partial charge on any atom is -0.357 e. The van der Waals surface area contributed by atoms with Crippen molar-refractivity contribution in [3.63, 3.8) is 0 Å². The average molecular weight is 268 g/mol. The standard InChI is InChI=1S/C18H24N2/c1-18(2)12-20-11-7-3-4-10-15(20)17-16(18)13-8-5-6-9-14(13)19-17/h5-6,8-9,15,19H,3-4,7,10-12H2,1-2H3. The third-order valence-corrected chi connectivity index (χ3v) is 5.21. The number of hydrogen-bond donors (Lipinski definition) is 1. The molecule has 1 N–H and O–H groups in total. The minimum atomic E-state index is 0.246. The van der Waals surface area contributed by atoms with Crippen LogP contribution >= 0.6 is 0 Å². The molecule has 0 bridgehead atoms. The Morgan fingerprint density at radius 1 is 1.15 bits per heavy atom. The van der Waals surface area contributed by atoms with Crippen molar-refractivity contribution < 1.29 is 0 Å². The molecule has 0 spiro atoms. The maximum absolute atomic E-state index is 3.76. The van der Waals surface area contributed by atoms with Gasteiger partial charge in [0.1, 0.15) is 0 Å². The molecule has 2 heteroatoms. The summed E-state index contributed by atoms with van der Waals surface area (Å²) in [6.45, 7) is 7.29. The van der Waals surface area contributed by atoms with Crippen molar-refractivity contribution in [2.75, 3.05) is 13.1 Å². The van der Waals surface area contributed by atoms with Gasteiger partial charge >= 0.3 is 0 Å². The second kappa shape index (κ2) is 4.36.